The average Bonchev–Trinajstić information content (AvgIpc) is 2.54. The predicted octanol–water partition coefficient (Wildman–Crippen LogP) is 1.84. The maximum absolute atomic E-state index is 11.4. The van der Waals surface area contributed by atoms with Crippen molar-refractivity contribution in [2.45, 2.75) is 45.6 Å². The van der Waals surface area contributed by atoms with Gasteiger partial charge in [-0.3, -0.25) is 9.69 Å². The lowest BCUT2D eigenvalue weighted by Crippen LogP contribution is -2.49. The van der Waals surface area contributed by atoms with Crippen LogP contribution in [0.25, 0.3) is 0 Å². The zero-order valence-corrected chi connectivity index (χ0v) is 8.39. The topological polar surface area (TPSA) is 20.3 Å². The van der Waals surface area contributed by atoms with E-state index >= 15 is 0 Å². The van der Waals surface area contributed by atoms with E-state index in [1.54, 1.807) is 6.92 Å². The first-order valence-corrected chi connectivity index (χ1v) is 4.87. The highest BCUT2D eigenvalue weighted by Gasteiger charge is 2.35. The van der Waals surface area contributed by atoms with E-state index in [0.717, 1.165) is 19.5 Å². The van der Waals surface area contributed by atoms with Crippen LogP contribution >= 0.6 is 0 Å². The van der Waals surface area contributed by atoms with Crippen LogP contribution in [0.4, 0.5) is 0 Å². The van der Waals surface area contributed by atoms with E-state index < -0.39 is 0 Å². The molecule has 1 saturated heterocycles. The minimum absolute atomic E-state index is 0.184. The van der Waals surface area contributed by atoms with Crippen LogP contribution in [0.2, 0.25) is 0 Å². The molecular weight excluding hydrogens is 150 g/mol. The molecule has 0 amide bonds. The molecule has 2 heteroatoms. The van der Waals surface area contributed by atoms with Crippen molar-refractivity contribution in [1.29, 1.82) is 0 Å². The molecule has 1 unspecified atom stereocenters. The Hall–Kier alpha value is -0.370. The minimum atomic E-state index is -0.184. The van der Waals surface area contributed by atoms with Gasteiger partial charge in [0.25, 0.3) is 0 Å². The summed E-state index contributed by atoms with van der Waals surface area (Å²) in [5.74, 6) is 0.312. The van der Waals surface area contributed by atoms with Crippen molar-refractivity contribution in [1.82, 2.24) is 4.90 Å². The third-order valence-corrected chi connectivity index (χ3v) is 3.25. The fourth-order valence-corrected chi connectivity index (χ4v) is 1.91. The average molecular weight is 169 g/mol. The Morgan fingerprint density at radius 1 is 1.42 bits per heavy atom. The summed E-state index contributed by atoms with van der Waals surface area (Å²) in [4.78, 5) is 13.8. The number of rotatable bonds is 3. The monoisotopic (exact) mass is 169 g/mol. The number of nitrogens with zero attached hydrogens (tertiary/aromatic N) is 1. The molecule has 2 nitrogen and oxygen atoms in total. The third-order valence-electron chi connectivity index (χ3n) is 3.25. The molecule has 1 fully saturated rings. The van der Waals surface area contributed by atoms with Crippen molar-refractivity contribution >= 4 is 5.78 Å². The summed E-state index contributed by atoms with van der Waals surface area (Å²) in [6.45, 7) is 8.08. The smallest absolute Gasteiger partial charge is 0.149 e. The molecule has 1 aliphatic heterocycles. The number of ketones is 1. The molecule has 0 radical (unpaired) electrons. The van der Waals surface area contributed by atoms with Crippen LogP contribution in [0, 0.1) is 0 Å². The van der Waals surface area contributed by atoms with E-state index in [-0.39, 0.29) is 5.54 Å². The molecule has 70 valence electrons. The minimum Gasteiger partial charge on any atom is -0.298 e. The molecule has 0 aromatic carbocycles. The SMILES string of the molecule is CCC(C)(C(C)=O)N1CCCC1. The van der Waals surface area contributed by atoms with Crippen molar-refractivity contribution in [3.8, 4) is 0 Å². The highest BCUT2D eigenvalue weighted by atomic mass is 16.1. The van der Waals surface area contributed by atoms with Gasteiger partial charge in [0.15, 0.2) is 0 Å². The van der Waals surface area contributed by atoms with Gasteiger partial charge in [-0.05, 0) is 46.2 Å². The zero-order chi connectivity index (χ0) is 9.19. The molecule has 0 aromatic heterocycles. The first kappa shape index (κ1) is 9.72. The molecule has 12 heavy (non-hydrogen) atoms. The van der Waals surface area contributed by atoms with E-state index in [1.165, 1.54) is 12.8 Å². The van der Waals surface area contributed by atoms with Crippen molar-refractivity contribution in [3.63, 3.8) is 0 Å². The van der Waals surface area contributed by atoms with E-state index in [2.05, 4.69) is 18.7 Å². The van der Waals surface area contributed by atoms with Crippen LogP contribution in [0.15, 0.2) is 0 Å². The van der Waals surface area contributed by atoms with Gasteiger partial charge in [-0.25, -0.2) is 0 Å². The first-order chi connectivity index (χ1) is 5.61. The number of hydrogen-bond acceptors (Lipinski definition) is 2. The summed E-state index contributed by atoms with van der Waals surface area (Å²) in [7, 11) is 0. The second-order valence-corrected chi connectivity index (χ2v) is 3.88. The van der Waals surface area contributed by atoms with Crippen molar-refractivity contribution in [3.05, 3.63) is 0 Å². The van der Waals surface area contributed by atoms with Gasteiger partial charge in [-0.15, -0.1) is 0 Å². The zero-order valence-electron chi connectivity index (χ0n) is 8.39. The number of likely N-dealkylation sites (tertiary alicyclic amines) is 1. The molecule has 1 aliphatic rings. The molecule has 0 aliphatic carbocycles. The molecule has 1 heterocycles. The normalized spacial score (nSPS) is 23.9. The maximum Gasteiger partial charge on any atom is 0.149 e. The van der Waals surface area contributed by atoms with Gasteiger partial charge in [0.2, 0.25) is 0 Å². The highest BCUT2D eigenvalue weighted by Crippen LogP contribution is 2.25. The van der Waals surface area contributed by atoms with E-state index in [9.17, 15) is 4.79 Å². The fourth-order valence-electron chi connectivity index (χ4n) is 1.91. The van der Waals surface area contributed by atoms with Crippen molar-refractivity contribution < 1.29 is 4.79 Å². The molecule has 0 spiro atoms. The summed E-state index contributed by atoms with van der Waals surface area (Å²) in [6, 6.07) is 0. The molecule has 0 saturated carbocycles. The van der Waals surface area contributed by atoms with Gasteiger partial charge in [0.1, 0.15) is 5.78 Å². The van der Waals surface area contributed by atoms with Crippen LogP contribution < -0.4 is 0 Å². The Balaban J connectivity index is 2.70. The van der Waals surface area contributed by atoms with Gasteiger partial charge < -0.3 is 0 Å². The van der Waals surface area contributed by atoms with E-state index in [1.807, 2.05) is 0 Å². The first-order valence-electron chi connectivity index (χ1n) is 4.87. The van der Waals surface area contributed by atoms with Crippen molar-refractivity contribution in [2.75, 3.05) is 13.1 Å². The molecule has 0 aromatic rings. The van der Waals surface area contributed by atoms with Crippen LogP contribution in [0.3, 0.4) is 0 Å². The number of Topliss-reactive ketones (excluding diaryl/α,β-unsaturated/α-hetero) is 1. The van der Waals surface area contributed by atoms with Crippen LogP contribution in [0.1, 0.15) is 40.0 Å². The maximum atomic E-state index is 11.4. The summed E-state index contributed by atoms with van der Waals surface area (Å²) >= 11 is 0. The molecule has 1 atom stereocenters. The number of carbonyl (C=O) groups is 1. The second kappa shape index (κ2) is 3.56. The lowest BCUT2D eigenvalue weighted by atomic mass is 9.92. The summed E-state index contributed by atoms with van der Waals surface area (Å²) in [6.07, 6.45) is 3.44. The Labute approximate surface area is 74.9 Å². The largest absolute Gasteiger partial charge is 0.298 e. The van der Waals surface area contributed by atoms with E-state index in [0.29, 0.717) is 5.78 Å². The molecule has 0 bridgehead atoms. The predicted molar refractivity (Wildman–Crippen MR) is 50.2 cm³/mol. The van der Waals surface area contributed by atoms with Crippen molar-refractivity contribution in [2.24, 2.45) is 0 Å². The van der Waals surface area contributed by atoms with Crippen LogP contribution in [-0.4, -0.2) is 29.3 Å². The summed E-state index contributed by atoms with van der Waals surface area (Å²) < 4.78 is 0. The standard InChI is InChI=1S/C10H19NO/c1-4-10(3,9(2)12)11-7-5-6-8-11/h4-8H2,1-3H3. The Morgan fingerprint density at radius 2 is 1.92 bits per heavy atom. The van der Waals surface area contributed by atoms with E-state index in [4.69, 9.17) is 0 Å². The lowest BCUT2D eigenvalue weighted by molar-refractivity contribution is -0.127. The summed E-state index contributed by atoms with van der Waals surface area (Å²) in [5, 5.41) is 0. The lowest BCUT2D eigenvalue weighted by Gasteiger charge is -2.35. The highest BCUT2D eigenvalue weighted by molar-refractivity contribution is 5.85. The second-order valence-electron chi connectivity index (χ2n) is 3.88. The van der Waals surface area contributed by atoms with Gasteiger partial charge in [-0.1, -0.05) is 6.92 Å². The third kappa shape index (κ3) is 1.53. The van der Waals surface area contributed by atoms with Gasteiger partial charge in [0.05, 0.1) is 5.54 Å². The van der Waals surface area contributed by atoms with Gasteiger partial charge >= 0.3 is 0 Å². The Bertz CT molecular complexity index is 173. The van der Waals surface area contributed by atoms with Crippen LogP contribution in [0.5, 0.6) is 0 Å². The van der Waals surface area contributed by atoms with Crippen LogP contribution in [-0.2, 0) is 4.79 Å². The Morgan fingerprint density at radius 3 is 2.25 bits per heavy atom. The quantitative estimate of drug-likeness (QED) is 0.642. The Kier molecular flexibility index (Phi) is 2.89. The van der Waals surface area contributed by atoms with Gasteiger partial charge in [-0.2, -0.15) is 0 Å². The number of hydrogen-bond donors (Lipinski definition) is 0. The fraction of sp³-hybridized carbons (Fsp3) is 0.900. The van der Waals surface area contributed by atoms with Gasteiger partial charge in [0, 0.05) is 0 Å². The molecule has 0 N–H and O–H groups in total. The molecular formula is C10H19NO. The molecule has 1 rings (SSSR count). The summed E-state index contributed by atoms with van der Waals surface area (Å²) in [5.41, 5.74) is -0.184. The number of carbonyl (C=O) groups excluding carboxylic acids is 1.